The number of nitrogens with zero attached hydrogens (tertiary/aromatic N) is 3. The van der Waals surface area contributed by atoms with Gasteiger partial charge in [0.25, 0.3) is 5.56 Å². The summed E-state index contributed by atoms with van der Waals surface area (Å²) in [6, 6.07) is 2.07. The number of hydrogen-bond donors (Lipinski definition) is 2. The zero-order chi connectivity index (χ0) is 17.4. The second kappa shape index (κ2) is 5.85. The average Bonchev–Trinajstić information content (AvgIpc) is 2.99. The smallest absolute Gasteiger partial charge is 0.337 e. The quantitative estimate of drug-likeness (QED) is 0.740. The molecule has 8 nitrogen and oxygen atoms in total. The number of carboxylic acids is 2. The Hall–Kier alpha value is -3.07. The van der Waals surface area contributed by atoms with E-state index in [1.165, 1.54) is 18.5 Å². The predicted octanol–water partition coefficient (Wildman–Crippen LogP) is 1.86. The van der Waals surface area contributed by atoms with Crippen LogP contribution in [0.25, 0.3) is 21.6 Å². The van der Waals surface area contributed by atoms with Crippen LogP contribution < -0.4 is 5.56 Å². The number of aliphatic carboxylic acids is 1. The predicted molar refractivity (Wildman–Crippen MR) is 86.4 cm³/mol. The van der Waals surface area contributed by atoms with Crippen molar-refractivity contribution >= 4 is 33.5 Å². The first-order valence-corrected chi connectivity index (χ1v) is 7.70. The van der Waals surface area contributed by atoms with Crippen LogP contribution in [0.2, 0.25) is 0 Å². The molecule has 0 spiro atoms. The van der Waals surface area contributed by atoms with E-state index in [-0.39, 0.29) is 21.6 Å². The molecule has 0 aliphatic carbocycles. The molecule has 3 heterocycles. The molecule has 0 bridgehead atoms. The maximum atomic E-state index is 12.8. The van der Waals surface area contributed by atoms with E-state index in [4.69, 9.17) is 0 Å². The van der Waals surface area contributed by atoms with E-state index in [2.05, 4.69) is 9.97 Å². The van der Waals surface area contributed by atoms with Gasteiger partial charge in [0, 0.05) is 23.3 Å². The van der Waals surface area contributed by atoms with Crippen LogP contribution in [-0.2, 0) is 4.79 Å². The molecule has 0 radical (unpaired) electrons. The number of carboxylic acid groups (broad SMARTS) is 2. The molecule has 1 atom stereocenters. The maximum Gasteiger partial charge on any atom is 0.337 e. The molecule has 1 unspecified atom stereocenters. The largest absolute Gasteiger partial charge is 0.480 e. The van der Waals surface area contributed by atoms with Crippen molar-refractivity contribution in [3.05, 3.63) is 45.8 Å². The molecule has 0 saturated heterocycles. The van der Waals surface area contributed by atoms with Gasteiger partial charge in [0.1, 0.15) is 16.7 Å². The summed E-state index contributed by atoms with van der Waals surface area (Å²) < 4.78 is 0.987. The summed E-state index contributed by atoms with van der Waals surface area (Å²) in [5.74, 6) is -2.35. The van der Waals surface area contributed by atoms with E-state index in [9.17, 15) is 24.6 Å². The Morgan fingerprint density at radius 1 is 1.33 bits per heavy atom. The van der Waals surface area contributed by atoms with Gasteiger partial charge in [-0.2, -0.15) is 0 Å². The fourth-order valence-electron chi connectivity index (χ4n) is 2.33. The van der Waals surface area contributed by atoms with Gasteiger partial charge < -0.3 is 10.2 Å². The third-order valence-corrected chi connectivity index (χ3v) is 4.41. The molecule has 3 rings (SSSR count). The van der Waals surface area contributed by atoms with Gasteiger partial charge in [-0.05, 0) is 19.1 Å². The second-order valence-corrected chi connectivity index (χ2v) is 5.86. The summed E-state index contributed by atoms with van der Waals surface area (Å²) in [5.41, 5.74) is -0.418. The number of fused-ring (bicyclic) bond motifs is 1. The minimum Gasteiger partial charge on any atom is -0.480 e. The Morgan fingerprint density at radius 3 is 2.67 bits per heavy atom. The van der Waals surface area contributed by atoms with Crippen LogP contribution in [0.3, 0.4) is 0 Å². The van der Waals surface area contributed by atoms with Gasteiger partial charge in [0.05, 0.1) is 10.9 Å². The molecule has 0 saturated carbocycles. The molecular weight excluding hydrogens is 334 g/mol. The highest BCUT2D eigenvalue weighted by Gasteiger charge is 2.25. The Labute approximate surface area is 138 Å². The van der Waals surface area contributed by atoms with E-state index in [1.54, 1.807) is 18.3 Å². The SMILES string of the molecule is CC(C(=O)O)n1c(-c2cccnc2)nc2scc(C(=O)O)c2c1=O. The van der Waals surface area contributed by atoms with E-state index in [1.807, 2.05) is 0 Å². The molecule has 0 amide bonds. The molecule has 9 heteroatoms. The first-order chi connectivity index (χ1) is 11.4. The number of aromatic carboxylic acids is 1. The third kappa shape index (κ3) is 2.44. The number of aromatic nitrogens is 3. The van der Waals surface area contributed by atoms with Gasteiger partial charge in [-0.1, -0.05) is 0 Å². The highest BCUT2D eigenvalue weighted by atomic mass is 32.1. The zero-order valence-corrected chi connectivity index (χ0v) is 13.1. The van der Waals surface area contributed by atoms with Crippen molar-refractivity contribution in [3.8, 4) is 11.4 Å². The van der Waals surface area contributed by atoms with Gasteiger partial charge >= 0.3 is 11.9 Å². The first kappa shape index (κ1) is 15.8. The van der Waals surface area contributed by atoms with E-state index in [0.29, 0.717) is 5.56 Å². The highest BCUT2D eigenvalue weighted by molar-refractivity contribution is 7.17. The standard InChI is InChI=1S/C15H11N3O5S/c1-7(14(20)21)18-11(8-3-2-4-16-5-8)17-12-10(13(18)19)9(6-24-12)15(22)23/h2-7H,1H3,(H,20,21)(H,22,23). The molecule has 3 aromatic heterocycles. The molecule has 122 valence electrons. The number of hydrogen-bond acceptors (Lipinski definition) is 6. The Bertz CT molecular complexity index is 1010. The molecule has 3 aromatic rings. The molecule has 2 N–H and O–H groups in total. The van der Waals surface area contributed by atoms with Crippen LogP contribution in [-0.4, -0.2) is 36.7 Å². The molecular formula is C15H11N3O5S. The van der Waals surface area contributed by atoms with Gasteiger partial charge in [0.15, 0.2) is 0 Å². The lowest BCUT2D eigenvalue weighted by atomic mass is 10.2. The lowest BCUT2D eigenvalue weighted by Crippen LogP contribution is -2.30. The van der Waals surface area contributed by atoms with Crippen molar-refractivity contribution in [1.82, 2.24) is 14.5 Å². The van der Waals surface area contributed by atoms with Crippen LogP contribution in [0.15, 0.2) is 34.7 Å². The minimum atomic E-state index is -1.26. The lowest BCUT2D eigenvalue weighted by molar-refractivity contribution is -0.140. The summed E-state index contributed by atoms with van der Waals surface area (Å²) in [6.07, 6.45) is 3.00. The van der Waals surface area contributed by atoms with Crippen molar-refractivity contribution < 1.29 is 19.8 Å². The number of pyridine rings is 1. The topological polar surface area (TPSA) is 122 Å². The van der Waals surface area contributed by atoms with Crippen LogP contribution in [0.4, 0.5) is 0 Å². The van der Waals surface area contributed by atoms with Crippen LogP contribution in [0.1, 0.15) is 23.3 Å². The molecule has 0 fully saturated rings. The Balaban J connectivity index is 2.44. The van der Waals surface area contributed by atoms with Crippen LogP contribution >= 0.6 is 11.3 Å². The Kier molecular flexibility index (Phi) is 3.86. The van der Waals surface area contributed by atoms with E-state index >= 15 is 0 Å². The summed E-state index contributed by atoms with van der Waals surface area (Å²) in [5, 5.41) is 19.8. The van der Waals surface area contributed by atoms with Crippen LogP contribution in [0, 0.1) is 0 Å². The summed E-state index contributed by atoms with van der Waals surface area (Å²) in [6.45, 7) is 1.34. The summed E-state index contributed by atoms with van der Waals surface area (Å²) >= 11 is 1.02. The van der Waals surface area contributed by atoms with Gasteiger partial charge in [-0.15, -0.1) is 11.3 Å². The average molecular weight is 345 g/mol. The van der Waals surface area contributed by atoms with Crippen molar-refractivity contribution in [2.24, 2.45) is 0 Å². The highest BCUT2D eigenvalue weighted by Crippen LogP contribution is 2.26. The van der Waals surface area contributed by atoms with Crippen molar-refractivity contribution in [2.45, 2.75) is 13.0 Å². The Morgan fingerprint density at radius 2 is 2.08 bits per heavy atom. The van der Waals surface area contributed by atoms with Gasteiger partial charge in [0.2, 0.25) is 0 Å². The van der Waals surface area contributed by atoms with E-state index < -0.39 is 23.5 Å². The number of rotatable bonds is 4. The molecule has 0 aliphatic heterocycles. The van der Waals surface area contributed by atoms with Gasteiger partial charge in [-0.3, -0.25) is 14.3 Å². The maximum absolute atomic E-state index is 12.8. The van der Waals surface area contributed by atoms with Crippen molar-refractivity contribution in [3.63, 3.8) is 0 Å². The van der Waals surface area contributed by atoms with Gasteiger partial charge in [-0.25, -0.2) is 14.6 Å². The summed E-state index contributed by atoms with van der Waals surface area (Å²) in [7, 11) is 0. The fourth-order valence-corrected chi connectivity index (χ4v) is 3.23. The molecule has 0 aromatic carbocycles. The van der Waals surface area contributed by atoms with Crippen molar-refractivity contribution in [1.29, 1.82) is 0 Å². The van der Waals surface area contributed by atoms with Crippen LogP contribution in [0.5, 0.6) is 0 Å². The summed E-state index contributed by atoms with van der Waals surface area (Å²) in [4.78, 5) is 44.1. The van der Waals surface area contributed by atoms with E-state index in [0.717, 1.165) is 15.9 Å². The van der Waals surface area contributed by atoms with Crippen molar-refractivity contribution in [2.75, 3.05) is 0 Å². The second-order valence-electron chi connectivity index (χ2n) is 5.00. The minimum absolute atomic E-state index is 0.0896. The first-order valence-electron chi connectivity index (χ1n) is 6.82. The number of carbonyl (C=O) groups is 2. The number of thiophene rings is 1. The molecule has 24 heavy (non-hydrogen) atoms. The monoisotopic (exact) mass is 345 g/mol. The normalized spacial score (nSPS) is 12.2. The lowest BCUT2D eigenvalue weighted by Gasteiger charge is -2.16. The zero-order valence-electron chi connectivity index (χ0n) is 12.3. The third-order valence-electron chi connectivity index (χ3n) is 3.53. The molecule has 0 aliphatic rings. The fraction of sp³-hybridized carbons (Fsp3) is 0.133.